The van der Waals surface area contributed by atoms with Crippen LogP contribution in [0.5, 0.6) is 0 Å². The van der Waals surface area contributed by atoms with Crippen molar-refractivity contribution < 1.29 is 18.7 Å². The van der Waals surface area contributed by atoms with Crippen LogP contribution in [0.3, 0.4) is 0 Å². The van der Waals surface area contributed by atoms with E-state index in [-0.39, 0.29) is 24.1 Å². The standard InChI is InChI=1S/C16H17F2N3O2/c1-10-4-5-20(9-15(10)22)16(23)11-7-19-21(8-11)14-3-2-12(17)6-13(14)18/h2-3,6-8,10,15,22H,4-5,9H2,1H3. The second-order valence-corrected chi connectivity index (χ2v) is 5.85. The lowest BCUT2D eigenvalue weighted by Crippen LogP contribution is -2.45. The highest BCUT2D eigenvalue weighted by Crippen LogP contribution is 2.20. The molecule has 2 aromatic rings. The third-order valence-electron chi connectivity index (χ3n) is 4.19. The smallest absolute Gasteiger partial charge is 0.257 e. The first-order chi connectivity index (χ1) is 11.0. The third kappa shape index (κ3) is 3.10. The number of hydrogen-bond acceptors (Lipinski definition) is 3. The maximum Gasteiger partial charge on any atom is 0.257 e. The molecule has 1 aliphatic heterocycles. The average Bonchev–Trinajstić information content (AvgIpc) is 2.99. The minimum absolute atomic E-state index is 0.0674. The zero-order chi connectivity index (χ0) is 16.6. The molecule has 0 radical (unpaired) electrons. The number of piperidine rings is 1. The zero-order valence-corrected chi connectivity index (χ0v) is 12.6. The van der Waals surface area contributed by atoms with Crippen LogP contribution in [0.15, 0.2) is 30.6 Å². The fourth-order valence-electron chi connectivity index (χ4n) is 2.65. The number of aromatic nitrogens is 2. The number of halogens is 2. The van der Waals surface area contributed by atoms with Gasteiger partial charge in [0, 0.05) is 25.4 Å². The molecule has 2 heterocycles. The first-order valence-electron chi connectivity index (χ1n) is 7.43. The van der Waals surface area contributed by atoms with Crippen LogP contribution in [0, 0.1) is 17.6 Å². The number of amides is 1. The number of likely N-dealkylation sites (tertiary alicyclic amines) is 1. The van der Waals surface area contributed by atoms with E-state index in [9.17, 15) is 18.7 Å². The van der Waals surface area contributed by atoms with Crippen molar-refractivity contribution in [1.82, 2.24) is 14.7 Å². The van der Waals surface area contributed by atoms with Gasteiger partial charge in [0.2, 0.25) is 0 Å². The average molecular weight is 321 g/mol. The molecule has 2 unspecified atom stereocenters. The van der Waals surface area contributed by atoms with Crippen molar-refractivity contribution in [3.05, 3.63) is 47.8 Å². The van der Waals surface area contributed by atoms with Gasteiger partial charge < -0.3 is 10.0 Å². The van der Waals surface area contributed by atoms with Crippen molar-refractivity contribution in [3.8, 4) is 5.69 Å². The molecule has 3 rings (SSSR count). The van der Waals surface area contributed by atoms with Gasteiger partial charge in [-0.3, -0.25) is 4.79 Å². The molecule has 1 amide bonds. The number of carbonyl (C=O) groups is 1. The fourth-order valence-corrected chi connectivity index (χ4v) is 2.65. The minimum atomic E-state index is -0.755. The summed E-state index contributed by atoms with van der Waals surface area (Å²) >= 11 is 0. The third-order valence-corrected chi connectivity index (χ3v) is 4.19. The topological polar surface area (TPSA) is 58.4 Å². The molecule has 122 valence electrons. The van der Waals surface area contributed by atoms with E-state index in [1.807, 2.05) is 6.92 Å². The summed E-state index contributed by atoms with van der Waals surface area (Å²) in [5, 5.41) is 13.9. The summed E-state index contributed by atoms with van der Waals surface area (Å²) in [5.74, 6) is -1.53. The number of β-amino-alcohol motifs (C(OH)–C–C–N with tert-alkyl or cyclic N) is 1. The summed E-state index contributed by atoms with van der Waals surface area (Å²) in [5.41, 5.74) is 0.369. The van der Waals surface area contributed by atoms with Gasteiger partial charge in [0.25, 0.3) is 5.91 Å². The lowest BCUT2D eigenvalue weighted by Gasteiger charge is -2.34. The maximum atomic E-state index is 13.8. The molecule has 1 aromatic heterocycles. The predicted octanol–water partition coefficient (Wildman–Crippen LogP) is 1.99. The summed E-state index contributed by atoms with van der Waals surface area (Å²) in [7, 11) is 0. The van der Waals surface area contributed by atoms with Gasteiger partial charge in [-0.15, -0.1) is 0 Å². The largest absolute Gasteiger partial charge is 0.391 e. The molecule has 0 bridgehead atoms. The number of aliphatic hydroxyl groups excluding tert-OH is 1. The highest BCUT2D eigenvalue weighted by atomic mass is 19.1. The Morgan fingerprint density at radius 2 is 2.17 bits per heavy atom. The van der Waals surface area contributed by atoms with E-state index in [4.69, 9.17) is 0 Å². The second-order valence-electron chi connectivity index (χ2n) is 5.85. The molecule has 1 saturated heterocycles. The normalized spacial score (nSPS) is 21.5. The van der Waals surface area contributed by atoms with Crippen LogP contribution in [0.2, 0.25) is 0 Å². The number of benzene rings is 1. The molecule has 7 heteroatoms. The zero-order valence-electron chi connectivity index (χ0n) is 12.6. The number of hydrogen-bond donors (Lipinski definition) is 1. The summed E-state index contributed by atoms with van der Waals surface area (Å²) in [4.78, 5) is 14.0. The Kier molecular flexibility index (Phi) is 4.12. The predicted molar refractivity (Wildman–Crippen MR) is 79.2 cm³/mol. The summed E-state index contributed by atoms with van der Waals surface area (Å²) in [6, 6.07) is 3.16. The number of nitrogens with zero attached hydrogens (tertiary/aromatic N) is 3. The maximum absolute atomic E-state index is 13.8. The fraction of sp³-hybridized carbons (Fsp3) is 0.375. The van der Waals surface area contributed by atoms with Crippen LogP contribution in [-0.4, -0.2) is 44.9 Å². The Balaban J connectivity index is 1.80. The van der Waals surface area contributed by atoms with Gasteiger partial charge in [0.15, 0.2) is 5.82 Å². The van der Waals surface area contributed by atoms with Gasteiger partial charge in [-0.25, -0.2) is 13.5 Å². The molecule has 1 aromatic carbocycles. The second kappa shape index (κ2) is 6.08. The Bertz CT molecular complexity index is 732. The van der Waals surface area contributed by atoms with E-state index in [1.165, 1.54) is 23.1 Å². The molecule has 0 spiro atoms. The Morgan fingerprint density at radius 1 is 1.39 bits per heavy atom. The van der Waals surface area contributed by atoms with Crippen LogP contribution < -0.4 is 0 Å². The van der Waals surface area contributed by atoms with E-state index in [1.54, 1.807) is 4.90 Å². The van der Waals surface area contributed by atoms with Crippen LogP contribution >= 0.6 is 0 Å². The molecule has 1 N–H and O–H groups in total. The van der Waals surface area contributed by atoms with E-state index in [0.29, 0.717) is 12.1 Å². The van der Waals surface area contributed by atoms with Crippen LogP contribution in [-0.2, 0) is 0 Å². The SMILES string of the molecule is CC1CCN(C(=O)c2cnn(-c3ccc(F)cc3F)c2)CC1O. The monoisotopic (exact) mass is 321 g/mol. The Hall–Kier alpha value is -2.28. The quantitative estimate of drug-likeness (QED) is 0.920. The van der Waals surface area contributed by atoms with Crippen molar-refractivity contribution in [2.75, 3.05) is 13.1 Å². The van der Waals surface area contributed by atoms with Crippen molar-refractivity contribution >= 4 is 5.91 Å². The molecule has 5 nitrogen and oxygen atoms in total. The number of rotatable bonds is 2. The van der Waals surface area contributed by atoms with Gasteiger partial charge >= 0.3 is 0 Å². The lowest BCUT2D eigenvalue weighted by atomic mass is 9.96. The van der Waals surface area contributed by atoms with Crippen molar-refractivity contribution in [3.63, 3.8) is 0 Å². The van der Waals surface area contributed by atoms with Gasteiger partial charge in [0.1, 0.15) is 11.5 Å². The summed E-state index contributed by atoms with van der Waals surface area (Å²) in [6.45, 7) is 2.78. The summed E-state index contributed by atoms with van der Waals surface area (Å²) < 4.78 is 27.9. The van der Waals surface area contributed by atoms with Gasteiger partial charge in [0.05, 0.1) is 17.9 Å². The van der Waals surface area contributed by atoms with Gasteiger partial charge in [-0.05, 0) is 24.5 Å². The van der Waals surface area contributed by atoms with Crippen LogP contribution in [0.25, 0.3) is 5.69 Å². The summed E-state index contributed by atoms with van der Waals surface area (Å²) in [6.07, 6.45) is 2.93. The molecular formula is C16H17F2N3O2. The van der Waals surface area contributed by atoms with Crippen molar-refractivity contribution in [2.24, 2.45) is 5.92 Å². The molecule has 1 aliphatic rings. The van der Waals surface area contributed by atoms with E-state index >= 15 is 0 Å². The van der Waals surface area contributed by atoms with Crippen molar-refractivity contribution in [2.45, 2.75) is 19.4 Å². The highest BCUT2D eigenvalue weighted by molar-refractivity contribution is 5.93. The molecule has 0 saturated carbocycles. The first kappa shape index (κ1) is 15.6. The van der Waals surface area contributed by atoms with E-state index in [2.05, 4.69) is 5.10 Å². The van der Waals surface area contributed by atoms with Gasteiger partial charge in [-0.1, -0.05) is 6.92 Å². The number of aliphatic hydroxyl groups is 1. The lowest BCUT2D eigenvalue weighted by molar-refractivity contribution is 0.0248. The highest BCUT2D eigenvalue weighted by Gasteiger charge is 2.28. The van der Waals surface area contributed by atoms with Crippen molar-refractivity contribution in [1.29, 1.82) is 0 Å². The molecule has 1 fully saturated rings. The Labute approximate surface area is 132 Å². The molecule has 2 atom stereocenters. The number of carbonyl (C=O) groups excluding carboxylic acids is 1. The molecule has 0 aliphatic carbocycles. The van der Waals surface area contributed by atoms with Crippen LogP contribution in [0.4, 0.5) is 8.78 Å². The van der Waals surface area contributed by atoms with E-state index in [0.717, 1.165) is 18.6 Å². The van der Waals surface area contributed by atoms with Crippen LogP contribution in [0.1, 0.15) is 23.7 Å². The van der Waals surface area contributed by atoms with E-state index < -0.39 is 17.7 Å². The van der Waals surface area contributed by atoms with Gasteiger partial charge in [-0.2, -0.15) is 5.10 Å². The Morgan fingerprint density at radius 3 is 2.87 bits per heavy atom. The molecular weight excluding hydrogens is 304 g/mol. The molecule has 23 heavy (non-hydrogen) atoms. The first-order valence-corrected chi connectivity index (χ1v) is 7.43. The minimum Gasteiger partial charge on any atom is -0.391 e.